The van der Waals surface area contributed by atoms with Gasteiger partial charge < -0.3 is 19.9 Å². The molecule has 10 heteroatoms. The zero-order chi connectivity index (χ0) is 30.3. The molecule has 2 heterocycles. The summed E-state index contributed by atoms with van der Waals surface area (Å²) in [6.45, 7) is 0.412. The first-order valence-electron chi connectivity index (χ1n) is 14.4. The van der Waals surface area contributed by atoms with Crippen molar-refractivity contribution in [2.45, 2.75) is 43.2 Å². The predicted molar refractivity (Wildman–Crippen MR) is 167 cm³/mol. The van der Waals surface area contributed by atoms with Crippen molar-refractivity contribution in [1.82, 2.24) is 25.5 Å². The molecule has 2 N–H and O–H groups in total. The first-order valence-corrected chi connectivity index (χ1v) is 15.4. The molecule has 0 spiro atoms. The number of carbonyl (C=O) groups is 1. The van der Waals surface area contributed by atoms with Gasteiger partial charge in [-0.05, 0) is 50.4 Å². The van der Waals surface area contributed by atoms with E-state index in [2.05, 4.69) is 39.0 Å². The van der Waals surface area contributed by atoms with Crippen molar-refractivity contribution < 1.29 is 19.4 Å². The lowest BCUT2D eigenvalue weighted by atomic mass is 9.97. The van der Waals surface area contributed by atoms with Crippen molar-refractivity contribution in [3.63, 3.8) is 0 Å². The van der Waals surface area contributed by atoms with Crippen molar-refractivity contribution in [3.8, 4) is 11.1 Å². The third-order valence-corrected chi connectivity index (χ3v) is 8.72. The van der Waals surface area contributed by atoms with E-state index in [9.17, 15) is 9.90 Å². The fourth-order valence-corrected chi connectivity index (χ4v) is 6.04. The van der Waals surface area contributed by atoms with Crippen LogP contribution < -0.4 is 5.32 Å². The van der Waals surface area contributed by atoms with Crippen LogP contribution in [0.4, 0.5) is 0 Å². The van der Waals surface area contributed by atoms with Crippen LogP contribution in [0.5, 0.6) is 0 Å². The highest BCUT2D eigenvalue weighted by Crippen LogP contribution is 2.39. The lowest BCUT2D eigenvalue weighted by Crippen LogP contribution is -2.31. The highest BCUT2D eigenvalue weighted by Gasteiger charge is 2.32. The highest BCUT2D eigenvalue weighted by molar-refractivity contribution is 7.99. The molecule has 1 saturated heterocycles. The van der Waals surface area contributed by atoms with Crippen molar-refractivity contribution in [3.05, 3.63) is 131 Å². The van der Waals surface area contributed by atoms with Gasteiger partial charge in [0, 0.05) is 36.9 Å². The zero-order valence-corrected chi connectivity index (χ0v) is 25.1. The van der Waals surface area contributed by atoms with Gasteiger partial charge in [0.05, 0.1) is 18.8 Å². The summed E-state index contributed by atoms with van der Waals surface area (Å²) < 4.78 is 14.6. The van der Waals surface area contributed by atoms with Gasteiger partial charge in [-0.25, -0.2) is 4.68 Å². The van der Waals surface area contributed by atoms with Gasteiger partial charge in [0.15, 0.2) is 6.29 Å². The Morgan fingerprint density at radius 3 is 2.39 bits per heavy atom. The Bertz CT molecular complexity index is 1680. The van der Waals surface area contributed by atoms with E-state index in [4.69, 9.17) is 9.47 Å². The molecule has 1 fully saturated rings. The quantitative estimate of drug-likeness (QED) is 0.196. The second kappa shape index (κ2) is 14.0. The number of nitrogens with zero attached hydrogens (tertiary/aromatic N) is 4. The van der Waals surface area contributed by atoms with Crippen LogP contribution in [0.25, 0.3) is 11.1 Å². The van der Waals surface area contributed by atoms with Crippen LogP contribution in [0.2, 0.25) is 0 Å². The third kappa shape index (κ3) is 7.06. The summed E-state index contributed by atoms with van der Waals surface area (Å²) in [6.07, 6.45) is -0.179. The molecule has 1 amide bonds. The van der Waals surface area contributed by atoms with Crippen LogP contribution in [-0.2, 0) is 29.7 Å². The number of aryl methyl sites for hydroxylation is 1. The minimum atomic E-state index is -0.566. The van der Waals surface area contributed by atoms with Crippen LogP contribution in [-0.4, -0.2) is 43.1 Å². The fraction of sp³-hybridized carbons (Fsp3) is 0.235. The molecule has 0 radical (unpaired) electrons. The van der Waals surface area contributed by atoms with E-state index in [1.165, 1.54) is 0 Å². The number of aromatic nitrogens is 4. The predicted octanol–water partition coefficient (Wildman–Crippen LogP) is 5.64. The molecule has 1 aromatic heterocycles. The first kappa shape index (κ1) is 29.7. The number of rotatable bonds is 10. The molecule has 3 atom stereocenters. The maximum atomic E-state index is 12.6. The maximum Gasteiger partial charge on any atom is 0.251 e. The molecular formula is C34H33N5O4S. The number of hydrogen-bond donors (Lipinski definition) is 2. The van der Waals surface area contributed by atoms with Gasteiger partial charge in [-0.1, -0.05) is 103 Å². The number of amides is 1. The van der Waals surface area contributed by atoms with Gasteiger partial charge in [-0.15, -0.1) is 5.10 Å². The molecule has 4 aromatic carbocycles. The minimum absolute atomic E-state index is 0.00256. The fourth-order valence-electron chi connectivity index (χ4n) is 5.18. The molecule has 9 nitrogen and oxygen atoms in total. The van der Waals surface area contributed by atoms with Gasteiger partial charge in [0.25, 0.3) is 5.91 Å². The molecule has 44 heavy (non-hydrogen) atoms. The Hall–Kier alpha value is -4.35. The number of thioether (sulfide) groups is 1. The summed E-state index contributed by atoms with van der Waals surface area (Å²) in [7, 11) is 1.82. The monoisotopic (exact) mass is 607 g/mol. The topological polar surface area (TPSA) is 111 Å². The summed E-state index contributed by atoms with van der Waals surface area (Å²) in [4.78, 5) is 12.6. The molecule has 224 valence electrons. The lowest BCUT2D eigenvalue weighted by Gasteiger charge is -2.36. The molecule has 5 aromatic rings. The molecule has 0 unspecified atom stereocenters. The maximum absolute atomic E-state index is 12.6. The van der Waals surface area contributed by atoms with Gasteiger partial charge in [-0.2, -0.15) is 0 Å². The van der Waals surface area contributed by atoms with Crippen LogP contribution in [0.15, 0.2) is 108 Å². The number of ether oxygens (including phenoxy) is 2. The Kier molecular flexibility index (Phi) is 9.43. The van der Waals surface area contributed by atoms with E-state index in [-0.39, 0.29) is 24.7 Å². The van der Waals surface area contributed by atoms with E-state index in [1.807, 2.05) is 79.8 Å². The summed E-state index contributed by atoms with van der Waals surface area (Å²) >= 11 is 1.55. The number of tetrazole rings is 1. The van der Waals surface area contributed by atoms with E-state index in [0.717, 1.165) is 38.5 Å². The molecule has 1 aliphatic rings. The molecule has 6 rings (SSSR count). The molecule has 0 aliphatic carbocycles. The van der Waals surface area contributed by atoms with Crippen molar-refractivity contribution >= 4 is 17.7 Å². The van der Waals surface area contributed by atoms with Crippen molar-refractivity contribution in [2.75, 3.05) is 5.75 Å². The molecular weight excluding hydrogens is 574 g/mol. The second-order valence-electron chi connectivity index (χ2n) is 10.6. The number of carbonyl (C=O) groups excluding carboxylic acids is 1. The smallest absolute Gasteiger partial charge is 0.251 e. The normalized spacial score (nSPS) is 18.2. The SMILES string of the molecule is Cn1nnnc1SC[C@H]1C[C@@H](c2ccc(CO)cc2)O[C@@H](c2ccc(-c3ccccc3CNC(=O)c3ccccc3)cc2)O1. The summed E-state index contributed by atoms with van der Waals surface area (Å²) in [5.74, 6) is 0.561. The summed E-state index contributed by atoms with van der Waals surface area (Å²) in [6, 6.07) is 33.4. The highest BCUT2D eigenvalue weighted by atomic mass is 32.2. The lowest BCUT2D eigenvalue weighted by molar-refractivity contribution is -0.245. The molecule has 1 aliphatic heterocycles. The number of hydrogen-bond acceptors (Lipinski definition) is 8. The van der Waals surface area contributed by atoms with E-state index in [0.29, 0.717) is 24.3 Å². The Labute approximate surface area is 260 Å². The van der Waals surface area contributed by atoms with Crippen LogP contribution in [0.3, 0.4) is 0 Å². The minimum Gasteiger partial charge on any atom is -0.392 e. The number of aliphatic hydroxyl groups is 1. The second-order valence-corrected chi connectivity index (χ2v) is 11.6. The van der Waals surface area contributed by atoms with Crippen LogP contribution in [0, 0.1) is 0 Å². The Morgan fingerprint density at radius 1 is 0.932 bits per heavy atom. The largest absolute Gasteiger partial charge is 0.392 e. The first-order chi connectivity index (χ1) is 21.6. The Morgan fingerprint density at radius 2 is 1.66 bits per heavy atom. The number of nitrogens with one attached hydrogen (secondary N) is 1. The number of aliphatic hydroxyl groups excluding tert-OH is 1. The van der Waals surface area contributed by atoms with Crippen molar-refractivity contribution in [2.24, 2.45) is 7.05 Å². The van der Waals surface area contributed by atoms with E-state index in [1.54, 1.807) is 28.6 Å². The van der Waals surface area contributed by atoms with Gasteiger partial charge >= 0.3 is 0 Å². The van der Waals surface area contributed by atoms with Gasteiger partial charge in [0.2, 0.25) is 5.16 Å². The van der Waals surface area contributed by atoms with E-state index < -0.39 is 6.29 Å². The standard InChI is InChI=1S/C34H33N5O4S/c1-39-34(36-37-38-39)44-22-29-19-31(25-13-11-23(21-40)12-14-25)43-33(42-29)27-17-15-24(16-18-27)30-10-6-5-9-28(30)20-35-32(41)26-7-3-2-4-8-26/h2-18,29,31,33,40H,19-22H2,1H3,(H,35,41)/t29-,31+,33+/m1/s1. The van der Waals surface area contributed by atoms with Crippen LogP contribution in [0.1, 0.15) is 51.4 Å². The average Bonchev–Trinajstić information content (AvgIpc) is 3.51. The average molecular weight is 608 g/mol. The summed E-state index contributed by atoms with van der Waals surface area (Å²) in [5, 5.41) is 25.0. The van der Waals surface area contributed by atoms with E-state index >= 15 is 0 Å². The zero-order valence-electron chi connectivity index (χ0n) is 24.2. The van der Waals surface area contributed by atoms with Crippen LogP contribution >= 0.6 is 11.8 Å². The summed E-state index contributed by atoms with van der Waals surface area (Å²) in [5.41, 5.74) is 6.54. The van der Waals surface area contributed by atoms with Gasteiger partial charge in [0.1, 0.15) is 0 Å². The Balaban J connectivity index is 1.19. The molecule has 0 saturated carbocycles. The molecule has 0 bridgehead atoms. The van der Waals surface area contributed by atoms with Crippen molar-refractivity contribution in [1.29, 1.82) is 0 Å². The van der Waals surface area contributed by atoms with Gasteiger partial charge in [-0.3, -0.25) is 4.79 Å². The number of benzene rings is 4. The third-order valence-electron chi connectivity index (χ3n) is 7.58.